The van der Waals surface area contributed by atoms with E-state index in [2.05, 4.69) is 19.1 Å². The van der Waals surface area contributed by atoms with Gasteiger partial charge in [-0.3, -0.25) is 0 Å². The van der Waals surface area contributed by atoms with Crippen LogP contribution in [-0.2, 0) is 17.8 Å². The van der Waals surface area contributed by atoms with Gasteiger partial charge in [-0.05, 0) is 17.5 Å². The Morgan fingerprint density at radius 2 is 2.00 bits per heavy atom. The highest BCUT2D eigenvalue weighted by atomic mass is 16.5. The molecule has 0 radical (unpaired) electrons. The number of aliphatic hydroxyl groups is 2. The number of rotatable bonds is 6. The summed E-state index contributed by atoms with van der Waals surface area (Å²) in [5.41, 5.74) is 2.42. The van der Waals surface area contributed by atoms with Gasteiger partial charge in [0.1, 0.15) is 0 Å². The second-order valence-electron chi connectivity index (χ2n) is 3.50. The van der Waals surface area contributed by atoms with Gasteiger partial charge in [0.2, 0.25) is 0 Å². The van der Waals surface area contributed by atoms with Crippen molar-refractivity contribution in [1.82, 2.24) is 0 Å². The fourth-order valence-corrected chi connectivity index (χ4v) is 1.32. The molecule has 0 fully saturated rings. The average Bonchev–Trinajstić information content (AvgIpc) is 2.24. The van der Waals surface area contributed by atoms with Crippen molar-refractivity contribution in [3.05, 3.63) is 35.4 Å². The van der Waals surface area contributed by atoms with Crippen LogP contribution in [0.2, 0.25) is 0 Å². The summed E-state index contributed by atoms with van der Waals surface area (Å²) in [4.78, 5) is 0. The molecule has 84 valence electrons. The zero-order valence-corrected chi connectivity index (χ0v) is 9.02. The zero-order chi connectivity index (χ0) is 11.1. The molecular weight excluding hydrogens is 192 g/mol. The van der Waals surface area contributed by atoms with Crippen LogP contribution in [0.15, 0.2) is 24.3 Å². The molecule has 1 rings (SSSR count). The highest BCUT2D eigenvalue weighted by molar-refractivity contribution is 5.22. The van der Waals surface area contributed by atoms with Crippen molar-refractivity contribution in [3.63, 3.8) is 0 Å². The minimum Gasteiger partial charge on any atom is -0.377 e. The van der Waals surface area contributed by atoms with Crippen LogP contribution in [0.4, 0.5) is 0 Å². The van der Waals surface area contributed by atoms with Crippen LogP contribution in [0.5, 0.6) is 0 Å². The molecule has 0 amide bonds. The van der Waals surface area contributed by atoms with E-state index in [1.807, 2.05) is 12.1 Å². The van der Waals surface area contributed by atoms with Gasteiger partial charge in [0.25, 0.3) is 0 Å². The highest BCUT2D eigenvalue weighted by Crippen LogP contribution is 2.07. The third-order valence-corrected chi connectivity index (χ3v) is 2.19. The average molecular weight is 210 g/mol. The van der Waals surface area contributed by atoms with Crippen molar-refractivity contribution in [3.8, 4) is 0 Å². The van der Waals surface area contributed by atoms with Crippen molar-refractivity contribution in [2.45, 2.75) is 32.7 Å². The molecule has 0 saturated heterocycles. The molecule has 0 aliphatic carbocycles. The van der Waals surface area contributed by atoms with Gasteiger partial charge in [-0.25, -0.2) is 0 Å². The van der Waals surface area contributed by atoms with Gasteiger partial charge in [-0.15, -0.1) is 0 Å². The Hall–Kier alpha value is -0.900. The molecule has 0 aromatic heterocycles. The number of benzene rings is 1. The minimum atomic E-state index is -1.27. The Morgan fingerprint density at radius 3 is 2.67 bits per heavy atom. The van der Waals surface area contributed by atoms with E-state index >= 15 is 0 Å². The standard InChI is InChI=1S/C12H18O3/c1-2-10-4-3-5-11(8-10)9-15-7-6-12(13)14/h3-5,8,12-14H,2,6-7,9H2,1H3. The number of ether oxygens (including phenoxy) is 1. The Balaban J connectivity index is 2.30. The van der Waals surface area contributed by atoms with E-state index in [0.717, 1.165) is 12.0 Å². The van der Waals surface area contributed by atoms with Gasteiger partial charge in [-0.1, -0.05) is 31.2 Å². The topological polar surface area (TPSA) is 49.7 Å². The van der Waals surface area contributed by atoms with Gasteiger partial charge in [0, 0.05) is 6.42 Å². The van der Waals surface area contributed by atoms with Crippen LogP contribution in [0, 0.1) is 0 Å². The summed E-state index contributed by atoms with van der Waals surface area (Å²) in [6.07, 6.45) is 0.00315. The van der Waals surface area contributed by atoms with Crippen molar-refractivity contribution in [2.75, 3.05) is 6.61 Å². The first-order valence-corrected chi connectivity index (χ1v) is 5.24. The molecule has 3 heteroatoms. The Labute approximate surface area is 90.3 Å². The van der Waals surface area contributed by atoms with Gasteiger partial charge in [0.05, 0.1) is 13.2 Å². The third-order valence-electron chi connectivity index (χ3n) is 2.19. The molecule has 2 N–H and O–H groups in total. The summed E-state index contributed by atoms with van der Waals surface area (Å²) in [5, 5.41) is 17.2. The normalized spacial score (nSPS) is 10.9. The molecule has 0 heterocycles. The maximum Gasteiger partial charge on any atom is 0.153 e. The van der Waals surface area contributed by atoms with E-state index in [1.165, 1.54) is 5.56 Å². The molecule has 0 spiro atoms. The molecule has 0 unspecified atom stereocenters. The van der Waals surface area contributed by atoms with E-state index in [0.29, 0.717) is 13.2 Å². The van der Waals surface area contributed by atoms with E-state index in [9.17, 15) is 0 Å². The Morgan fingerprint density at radius 1 is 1.27 bits per heavy atom. The molecule has 0 aliphatic heterocycles. The summed E-state index contributed by atoms with van der Waals surface area (Å²) in [7, 11) is 0. The first-order chi connectivity index (χ1) is 7.22. The lowest BCUT2D eigenvalue weighted by Gasteiger charge is -2.06. The minimum absolute atomic E-state index is 0.257. The lowest BCUT2D eigenvalue weighted by Crippen LogP contribution is -2.08. The fourth-order valence-electron chi connectivity index (χ4n) is 1.32. The molecule has 0 saturated carbocycles. The molecule has 3 nitrogen and oxygen atoms in total. The number of hydrogen-bond donors (Lipinski definition) is 2. The largest absolute Gasteiger partial charge is 0.377 e. The van der Waals surface area contributed by atoms with Crippen LogP contribution in [-0.4, -0.2) is 23.1 Å². The fraction of sp³-hybridized carbons (Fsp3) is 0.500. The van der Waals surface area contributed by atoms with Crippen molar-refractivity contribution < 1.29 is 14.9 Å². The molecule has 0 atom stereocenters. The number of hydrogen-bond acceptors (Lipinski definition) is 3. The van der Waals surface area contributed by atoms with Crippen LogP contribution in [0.25, 0.3) is 0 Å². The lowest BCUT2D eigenvalue weighted by molar-refractivity contribution is -0.0625. The van der Waals surface area contributed by atoms with Crippen LogP contribution < -0.4 is 0 Å². The van der Waals surface area contributed by atoms with Crippen molar-refractivity contribution >= 4 is 0 Å². The molecule has 0 aliphatic rings. The quantitative estimate of drug-likeness (QED) is 0.552. The van der Waals surface area contributed by atoms with Crippen LogP contribution in [0.1, 0.15) is 24.5 Å². The lowest BCUT2D eigenvalue weighted by atomic mass is 10.1. The summed E-state index contributed by atoms with van der Waals surface area (Å²) in [6.45, 7) is 3.01. The predicted octanol–water partition coefficient (Wildman–Crippen LogP) is 1.47. The van der Waals surface area contributed by atoms with Gasteiger partial charge >= 0.3 is 0 Å². The molecule has 0 bridgehead atoms. The monoisotopic (exact) mass is 210 g/mol. The summed E-state index contributed by atoms with van der Waals surface area (Å²) in [6, 6.07) is 8.21. The zero-order valence-electron chi connectivity index (χ0n) is 9.02. The maximum absolute atomic E-state index is 8.61. The summed E-state index contributed by atoms with van der Waals surface area (Å²) < 4.78 is 5.31. The molecule has 1 aromatic rings. The highest BCUT2D eigenvalue weighted by Gasteiger charge is 1.98. The van der Waals surface area contributed by atoms with Crippen molar-refractivity contribution in [1.29, 1.82) is 0 Å². The van der Waals surface area contributed by atoms with Gasteiger partial charge in [0.15, 0.2) is 6.29 Å². The molecule has 1 aromatic carbocycles. The van der Waals surface area contributed by atoms with Gasteiger partial charge < -0.3 is 14.9 Å². The van der Waals surface area contributed by atoms with Crippen LogP contribution >= 0.6 is 0 Å². The maximum atomic E-state index is 8.61. The summed E-state index contributed by atoms with van der Waals surface area (Å²) >= 11 is 0. The SMILES string of the molecule is CCc1cccc(COCCC(O)O)c1. The smallest absolute Gasteiger partial charge is 0.153 e. The van der Waals surface area contributed by atoms with Gasteiger partial charge in [-0.2, -0.15) is 0 Å². The van der Waals surface area contributed by atoms with E-state index in [4.69, 9.17) is 14.9 Å². The third kappa shape index (κ3) is 4.93. The van der Waals surface area contributed by atoms with E-state index in [1.54, 1.807) is 0 Å². The predicted molar refractivity (Wildman–Crippen MR) is 58.3 cm³/mol. The molecule has 15 heavy (non-hydrogen) atoms. The second kappa shape index (κ2) is 6.56. The molecular formula is C12H18O3. The Kier molecular flexibility index (Phi) is 5.32. The van der Waals surface area contributed by atoms with E-state index < -0.39 is 6.29 Å². The first kappa shape index (κ1) is 12.2. The van der Waals surface area contributed by atoms with Crippen LogP contribution in [0.3, 0.4) is 0 Å². The van der Waals surface area contributed by atoms with E-state index in [-0.39, 0.29) is 6.42 Å². The number of aryl methyl sites for hydroxylation is 1. The summed E-state index contributed by atoms with van der Waals surface area (Å²) in [5.74, 6) is 0. The van der Waals surface area contributed by atoms with Crippen molar-refractivity contribution in [2.24, 2.45) is 0 Å². The Bertz CT molecular complexity index is 284. The first-order valence-electron chi connectivity index (χ1n) is 5.24. The second-order valence-corrected chi connectivity index (χ2v) is 3.50. The number of aliphatic hydroxyl groups excluding tert-OH is 1.